The lowest BCUT2D eigenvalue weighted by Crippen LogP contribution is -2.30. The molecule has 1 unspecified atom stereocenters. The summed E-state index contributed by atoms with van der Waals surface area (Å²) in [7, 11) is 0. The van der Waals surface area contributed by atoms with Crippen molar-refractivity contribution in [2.24, 2.45) is 5.92 Å². The molecule has 4 rings (SSSR count). The van der Waals surface area contributed by atoms with E-state index < -0.39 is 5.60 Å². The highest BCUT2D eigenvalue weighted by Crippen LogP contribution is 2.26. The summed E-state index contributed by atoms with van der Waals surface area (Å²) < 4.78 is 0. The Morgan fingerprint density at radius 1 is 0.868 bits per heavy atom. The van der Waals surface area contributed by atoms with Crippen LogP contribution in [0, 0.1) is 5.92 Å². The van der Waals surface area contributed by atoms with Crippen molar-refractivity contribution in [1.29, 1.82) is 0 Å². The third kappa shape index (κ3) is 11.7. The Morgan fingerprint density at radius 3 is 1.84 bits per heavy atom. The molecule has 0 radical (unpaired) electrons. The molecule has 4 aliphatic rings. The van der Waals surface area contributed by atoms with Crippen LogP contribution in [-0.2, 0) is 0 Å². The first-order chi connectivity index (χ1) is 18.2. The van der Waals surface area contributed by atoms with Gasteiger partial charge in [-0.15, -0.1) is 0 Å². The molecule has 0 fully saturated rings. The van der Waals surface area contributed by atoms with Gasteiger partial charge in [0.25, 0.3) is 0 Å². The van der Waals surface area contributed by atoms with E-state index in [9.17, 15) is 5.11 Å². The zero-order valence-electron chi connectivity index (χ0n) is 25.3. The highest BCUT2D eigenvalue weighted by molar-refractivity contribution is 5.43. The number of hydrogen-bond acceptors (Lipinski definition) is 1. The van der Waals surface area contributed by atoms with Crippen LogP contribution >= 0.6 is 0 Å². The molecule has 38 heavy (non-hydrogen) atoms. The summed E-state index contributed by atoms with van der Waals surface area (Å²) in [6, 6.07) is 0. The highest BCUT2D eigenvalue weighted by Gasteiger charge is 2.26. The summed E-state index contributed by atoms with van der Waals surface area (Å²) in [5, 5.41) is 9.72. The fourth-order valence-electron chi connectivity index (χ4n) is 4.36. The maximum atomic E-state index is 9.72. The van der Waals surface area contributed by atoms with E-state index >= 15 is 0 Å². The normalized spacial score (nSPS) is 18.8. The van der Waals surface area contributed by atoms with Crippen LogP contribution in [0.4, 0.5) is 0 Å². The van der Waals surface area contributed by atoms with Gasteiger partial charge in [0.2, 0.25) is 0 Å². The van der Waals surface area contributed by atoms with E-state index in [0.717, 1.165) is 32.1 Å². The van der Waals surface area contributed by atoms with Crippen molar-refractivity contribution < 1.29 is 5.11 Å². The Labute approximate surface area is 234 Å². The second-order valence-electron chi connectivity index (χ2n) is 10.1. The number of rotatable bonds is 6. The van der Waals surface area contributed by atoms with Gasteiger partial charge in [0.15, 0.2) is 0 Å². The van der Waals surface area contributed by atoms with Gasteiger partial charge in [0.05, 0.1) is 5.60 Å². The lowest BCUT2D eigenvalue weighted by molar-refractivity contribution is 0.0315. The lowest BCUT2D eigenvalue weighted by Gasteiger charge is -2.25. The largest absolute Gasteiger partial charge is 0.389 e. The van der Waals surface area contributed by atoms with E-state index in [4.69, 9.17) is 0 Å². The minimum absolute atomic E-state index is 0.220. The van der Waals surface area contributed by atoms with Gasteiger partial charge in [-0.3, -0.25) is 0 Å². The first-order valence-corrected chi connectivity index (χ1v) is 14.4. The smallest absolute Gasteiger partial charge is 0.0714 e. The fourth-order valence-corrected chi connectivity index (χ4v) is 4.36. The summed E-state index contributed by atoms with van der Waals surface area (Å²) in [5.41, 5.74) is 8.05. The van der Waals surface area contributed by atoms with E-state index in [-0.39, 0.29) is 5.92 Å². The molecule has 0 saturated heterocycles. The maximum Gasteiger partial charge on any atom is 0.0714 e. The van der Waals surface area contributed by atoms with Gasteiger partial charge >= 0.3 is 0 Å². The molecule has 206 valence electrons. The molecule has 0 saturated carbocycles. The summed E-state index contributed by atoms with van der Waals surface area (Å²) in [6.07, 6.45) is 39.4. The Morgan fingerprint density at radius 2 is 1.47 bits per heavy atom. The van der Waals surface area contributed by atoms with Crippen LogP contribution < -0.4 is 0 Å². The summed E-state index contributed by atoms with van der Waals surface area (Å²) in [6.45, 7) is 16.7. The van der Waals surface area contributed by atoms with Crippen LogP contribution in [0.5, 0.6) is 0 Å². The molecule has 0 aromatic heterocycles. The number of aliphatic hydroxyl groups is 1. The Hall–Kier alpha value is -2.90. The third-order valence-corrected chi connectivity index (χ3v) is 7.21. The molecular formula is C37H52O. The van der Waals surface area contributed by atoms with E-state index in [0.29, 0.717) is 0 Å². The van der Waals surface area contributed by atoms with E-state index in [1.54, 1.807) is 0 Å². The molecule has 0 amide bonds. The summed E-state index contributed by atoms with van der Waals surface area (Å²) >= 11 is 0. The predicted molar refractivity (Wildman–Crippen MR) is 171 cm³/mol. The Kier molecular flexibility index (Phi) is 16.0. The molecule has 0 heterocycles. The Balaban J connectivity index is 0.000000254. The van der Waals surface area contributed by atoms with Crippen molar-refractivity contribution >= 4 is 0 Å². The first-order valence-electron chi connectivity index (χ1n) is 14.4. The zero-order chi connectivity index (χ0) is 28.4. The minimum atomic E-state index is -0.552. The summed E-state index contributed by atoms with van der Waals surface area (Å²) in [5.74, 6) is 0.220. The second-order valence-corrected chi connectivity index (χ2v) is 10.1. The monoisotopic (exact) mass is 512 g/mol. The predicted octanol–water partition coefficient (Wildman–Crippen LogP) is 10.8. The van der Waals surface area contributed by atoms with Gasteiger partial charge in [0, 0.05) is 5.92 Å². The average molecular weight is 513 g/mol. The van der Waals surface area contributed by atoms with Crippen LogP contribution in [0.2, 0.25) is 0 Å². The molecule has 0 spiro atoms. The van der Waals surface area contributed by atoms with Crippen LogP contribution in [0.25, 0.3) is 0 Å². The molecule has 0 bridgehead atoms. The van der Waals surface area contributed by atoms with Gasteiger partial charge in [-0.2, -0.15) is 0 Å². The minimum Gasteiger partial charge on any atom is -0.389 e. The van der Waals surface area contributed by atoms with Crippen molar-refractivity contribution in [2.75, 3.05) is 0 Å². The third-order valence-electron chi connectivity index (χ3n) is 7.21. The number of hydrogen-bond donors (Lipinski definition) is 1. The quantitative estimate of drug-likeness (QED) is 0.375. The molecule has 0 aliphatic heterocycles. The second kappa shape index (κ2) is 18.4. The van der Waals surface area contributed by atoms with E-state index in [1.807, 2.05) is 38.2 Å². The standard InChI is InChI=1S/2C10H14.C9H14O.C8H10/c2*1-3-9(4-2)10-7-5-6-8-10;1-3-9(2,10)8-6-4-5-7-8;1-7(2)8-5-3-4-6-8/h3,5,7-8H,4,6H2,1-2H3;3,5-7H,4,8H2,1-2H3;4-8,10H,3H2,1-2H3;3-6H,1-2H3/b2*9-3+;;. The van der Waals surface area contributed by atoms with E-state index in [2.05, 4.69) is 114 Å². The molecule has 1 N–H and O–H groups in total. The zero-order valence-corrected chi connectivity index (χ0v) is 25.3. The van der Waals surface area contributed by atoms with Crippen LogP contribution in [0.15, 0.2) is 131 Å². The van der Waals surface area contributed by atoms with Crippen molar-refractivity contribution in [1.82, 2.24) is 0 Å². The van der Waals surface area contributed by atoms with Crippen molar-refractivity contribution in [3.05, 3.63) is 131 Å². The van der Waals surface area contributed by atoms with Crippen LogP contribution in [-0.4, -0.2) is 10.7 Å². The Bertz CT molecular complexity index is 1040. The van der Waals surface area contributed by atoms with Gasteiger partial charge in [0.1, 0.15) is 0 Å². The molecule has 0 aromatic carbocycles. The molecule has 4 aliphatic carbocycles. The molecule has 1 nitrogen and oxygen atoms in total. The summed E-state index contributed by atoms with van der Waals surface area (Å²) in [4.78, 5) is 0. The number of allylic oxidation sites excluding steroid dienone is 20. The lowest BCUT2D eigenvalue weighted by atomic mass is 9.88. The average Bonchev–Trinajstić information content (AvgIpc) is 3.75. The van der Waals surface area contributed by atoms with Gasteiger partial charge in [-0.05, 0) is 94.6 Å². The van der Waals surface area contributed by atoms with Crippen molar-refractivity contribution in [3.63, 3.8) is 0 Å². The van der Waals surface area contributed by atoms with Gasteiger partial charge in [-0.25, -0.2) is 0 Å². The van der Waals surface area contributed by atoms with Gasteiger partial charge < -0.3 is 5.11 Å². The topological polar surface area (TPSA) is 20.2 Å². The van der Waals surface area contributed by atoms with Gasteiger partial charge in [-0.1, -0.05) is 124 Å². The van der Waals surface area contributed by atoms with Crippen molar-refractivity contribution in [2.45, 2.75) is 93.1 Å². The maximum absolute atomic E-state index is 9.72. The van der Waals surface area contributed by atoms with Crippen molar-refractivity contribution in [3.8, 4) is 0 Å². The van der Waals surface area contributed by atoms with Crippen LogP contribution in [0.3, 0.4) is 0 Å². The highest BCUT2D eigenvalue weighted by atomic mass is 16.3. The SMILES string of the molecule is C/C=C(\CC)C1=CC=CC1.C/C=C(\CC)C1=CCC=C1.CC(C)=C1C=CC=C1.CCC(C)(O)C1C=CC=C1. The molecule has 1 atom stereocenters. The molecule has 1 heteroatoms. The van der Waals surface area contributed by atoms with E-state index in [1.165, 1.54) is 33.4 Å². The van der Waals surface area contributed by atoms with Crippen LogP contribution in [0.1, 0.15) is 87.5 Å². The fraction of sp³-hybridized carbons (Fsp3) is 0.405. The molecular weight excluding hydrogens is 460 g/mol. The first kappa shape index (κ1) is 33.1. The molecule has 0 aromatic rings.